The number of amides is 1. The number of nitrogens with zero attached hydrogens (tertiary/aromatic N) is 1. The van der Waals surface area contributed by atoms with Crippen LogP contribution >= 0.6 is 0 Å². The molecule has 2 saturated heterocycles. The highest BCUT2D eigenvalue weighted by molar-refractivity contribution is 5.93. The van der Waals surface area contributed by atoms with Gasteiger partial charge in [-0.1, -0.05) is 18.2 Å². The molecule has 1 aromatic heterocycles. The van der Waals surface area contributed by atoms with E-state index in [-0.39, 0.29) is 17.8 Å². The summed E-state index contributed by atoms with van der Waals surface area (Å²) in [6.45, 7) is 0. The molecular weight excluding hydrogens is 430 g/mol. The van der Waals surface area contributed by atoms with E-state index in [0.717, 1.165) is 24.4 Å². The summed E-state index contributed by atoms with van der Waals surface area (Å²) in [7, 11) is 0. The van der Waals surface area contributed by atoms with Crippen molar-refractivity contribution in [3.05, 3.63) is 59.3 Å². The van der Waals surface area contributed by atoms with Gasteiger partial charge >= 0.3 is 12.4 Å². The number of aliphatic hydroxyl groups is 1. The largest absolute Gasteiger partial charge is 0.416 e. The lowest BCUT2D eigenvalue weighted by atomic mass is 9.73. The molecule has 31 heavy (non-hydrogen) atoms. The zero-order chi connectivity index (χ0) is 22.6. The summed E-state index contributed by atoms with van der Waals surface area (Å²) < 4.78 is 83.8. The first-order chi connectivity index (χ1) is 14.4. The van der Waals surface area contributed by atoms with Crippen molar-refractivity contribution in [3.63, 3.8) is 0 Å². The molecule has 0 radical (unpaired) electrons. The molecule has 2 aliphatic heterocycles. The van der Waals surface area contributed by atoms with Crippen LogP contribution in [0.1, 0.15) is 29.0 Å². The minimum Gasteiger partial charge on any atom is -0.390 e. The molecule has 2 aromatic rings. The topological polar surface area (TPSA) is 71.5 Å². The second-order valence-corrected chi connectivity index (χ2v) is 7.53. The van der Waals surface area contributed by atoms with Gasteiger partial charge in [-0.25, -0.2) is 4.98 Å². The van der Waals surface area contributed by atoms with Gasteiger partial charge in [-0.3, -0.25) is 4.79 Å². The van der Waals surface area contributed by atoms with Crippen molar-refractivity contribution in [2.24, 2.45) is 5.92 Å². The molecule has 2 N–H and O–H groups in total. The number of carbonyl (C=O) groups is 1. The van der Waals surface area contributed by atoms with E-state index in [2.05, 4.69) is 10.3 Å². The Morgan fingerprint density at radius 1 is 1.06 bits per heavy atom. The summed E-state index contributed by atoms with van der Waals surface area (Å²) in [6, 6.07) is 5.79. The lowest BCUT2D eigenvalue weighted by Crippen LogP contribution is -2.41. The Labute approximate surface area is 172 Å². The van der Waals surface area contributed by atoms with Crippen molar-refractivity contribution in [3.8, 4) is 0 Å². The number of benzene rings is 1. The molecule has 2 fully saturated rings. The first kappa shape index (κ1) is 21.6. The molecule has 11 heteroatoms. The van der Waals surface area contributed by atoms with Crippen LogP contribution in [0, 0.1) is 5.92 Å². The fourth-order valence-electron chi connectivity index (χ4n) is 4.25. The summed E-state index contributed by atoms with van der Waals surface area (Å²) in [5, 5.41) is 12.5. The van der Waals surface area contributed by atoms with Gasteiger partial charge in [0.15, 0.2) is 0 Å². The Hall–Kier alpha value is -2.66. The van der Waals surface area contributed by atoms with Gasteiger partial charge in [0.25, 0.3) is 0 Å². The number of alkyl halides is 6. The predicted molar refractivity (Wildman–Crippen MR) is 94.8 cm³/mol. The van der Waals surface area contributed by atoms with E-state index in [9.17, 15) is 36.2 Å². The smallest absolute Gasteiger partial charge is 0.390 e. The van der Waals surface area contributed by atoms with Crippen LogP contribution in [0.3, 0.4) is 0 Å². The third kappa shape index (κ3) is 4.11. The molecule has 2 bridgehead atoms. The van der Waals surface area contributed by atoms with E-state index >= 15 is 0 Å². The van der Waals surface area contributed by atoms with E-state index in [1.165, 1.54) is 12.1 Å². The lowest BCUT2D eigenvalue weighted by molar-refractivity contribution is -0.138. The Morgan fingerprint density at radius 3 is 2.42 bits per heavy atom. The van der Waals surface area contributed by atoms with Crippen LogP contribution < -0.4 is 5.32 Å². The highest BCUT2D eigenvalue weighted by Gasteiger charge is 2.57. The minimum absolute atomic E-state index is 0.0915. The first-order valence-corrected chi connectivity index (χ1v) is 9.30. The van der Waals surface area contributed by atoms with Crippen LogP contribution in [0.5, 0.6) is 0 Å². The van der Waals surface area contributed by atoms with Crippen LogP contribution in [-0.4, -0.2) is 34.3 Å². The van der Waals surface area contributed by atoms with Crippen molar-refractivity contribution in [1.82, 2.24) is 4.98 Å². The number of aromatic nitrogens is 1. The maximum Gasteiger partial charge on any atom is 0.416 e. The number of nitrogens with one attached hydrogen (secondary N) is 1. The van der Waals surface area contributed by atoms with Crippen LogP contribution in [0.2, 0.25) is 0 Å². The number of carbonyl (C=O) groups excluding carboxylic acids is 1. The number of aliphatic hydroxyl groups excluding tert-OH is 1. The van der Waals surface area contributed by atoms with Gasteiger partial charge in [0.1, 0.15) is 5.82 Å². The number of anilines is 1. The average molecular weight is 446 g/mol. The molecular formula is C20H16F6N2O3. The van der Waals surface area contributed by atoms with Gasteiger partial charge in [-0.05, 0) is 23.8 Å². The van der Waals surface area contributed by atoms with E-state index < -0.39 is 59.5 Å². The lowest BCUT2D eigenvalue weighted by Gasteiger charge is -2.30. The van der Waals surface area contributed by atoms with Crippen molar-refractivity contribution in [2.45, 2.75) is 43.0 Å². The fraction of sp³-hybridized carbons (Fsp3) is 0.400. The van der Waals surface area contributed by atoms with Gasteiger partial charge in [0.05, 0.1) is 35.4 Å². The molecule has 4 rings (SSSR count). The fourth-order valence-corrected chi connectivity index (χ4v) is 4.25. The standard InChI is InChI=1S/C20H16F6N2O3/c21-19(22,23)10-3-1-2-9(6-10)15-16(13-8-12(29)17(15)31-13)18(30)28-14-7-11(4-5-27-14)20(24,25)26/h1-7,12-13,15-17,29H,8H2,(H,27,28,30). The zero-order valence-electron chi connectivity index (χ0n) is 15.6. The Balaban J connectivity index is 1.63. The summed E-state index contributed by atoms with van der Waals surface area (Å²) in [5.41, 5.74) is -1.77. The maximum absolute atomic E-state index is 13.1. The third-order valence-corrected chi connectivity index (χ3v) is 5.57. The molecule has 166 valence electrons. The SMILES string of the molecule is O=C(Nc1cc(C(F)(F)F)ccn1)C1C2CC(O)C(O2)C1c1cccc(C(F)(F)F)c1. The summed E-state index contributed by atoms with van der Waals surface area (Å²) in [6.07, 6.45) is -10.9. The normalized spacial score (nSPS) is 28.0. The highest BCUT2D eigenvalue weighted by Crippen LogP contribution is 2.50. The third-order valence-electron chi connectivity index (χ3n) is 5.57. The quantitative estimate of drug-likeness (QED) is 0.700. The number of halogens is 6. The van der Waals surface area contributed by atoms with Crippen LogP contribution in [0.15, 0.2) is 42.6 Å². The van der Waals surface area contributed by atoms with Crippen molar-refractivity contribution in [1.29, 1.82) is 0 Å². The first-order valence-electron chi connectivity index (χ1n) is 9.30. The van der Waals surface area contributed by atoms with Crippen LogP contribution in [-0.2, 0) is 21.9 Å². The number of fused-ring (bicyclic) bond motifs is 2. The number of hydrogen-bond acceptors (Lipinski definition) is 4. The highest BCUT2D eigenvalue weighted by atomic mass is 19.4. The second kappa shape index (κ2) is 7.49. The van der Waals surface area contributed by atoms with Gasteiger partial charge in [-0.2, -0.15) is 26.3 Å². The summed E-state index contributed by atoms with van der Waals surface area (Å²) in [5.74, 6) is -2.99. The molecule has 3 heterocycles. The second-order valence-electron chi connectivity index (χ2n) is 7.53. The van der Waals surface area contributed by atoms with Crippen LogP contribution in [0.25, 0.3) is 0 Å². The molecule has 2 aliphatic rings. The average Bonchev–Trinajstić information content (AvgIpc) is 3.24. The van der Waals surface area contributed by atoms with E-state index in [0.29, 0.717) is 6.07 Å². The molecule has 5 unspecified atom stereocenters. The number of ether oxygens (including phenoxy) is 1. The summed E-state index contributed by atoms with van der Waals surface area (Å²) >= 11 is 0. The van der Waals surface area contributed by atoms with E-state index in [1.807, 2.05) is 0 Å². The van der Waals surface area contributed by atoms with Crippen molar-refractivity contribution >= 4 is 11.7 Å². The van der Waals surface area contributed by atoms with Crippen molar-refractivity contribution < 1.29 is 41.0 Å². The molecule has 1 aromatic carbocycles. The Kier molecular flexibility index (Phi) is 5.21. The molecule has 0 spiro atoms. The van der Waals surface area contributed by atoms with Crippen LogP contribution in [0.4, 0.5) is 32.2 Å². The number of hydrogen-bond donors (Lipinski definition) is 2. The predicted octanol–water partition coefficient (Wildman–Crippen LogP) is 3.99. The maximum atomic E-state index is 13.1. The van der Waals surface area contributed by atoms with Crippen molar-refractivity contribution in [2.75, 3.05) is 5.32 Å². The van der Waals surface area contributed by atoms with E-state index in [1.54, 1.807) is 0 Å². The van der Waals surface area contributed by atoms with E-state index in [4.69, 9.17) is 4.74 Å². The molecule has 5 atom stereocenters. The molecule has 0 aliphatic carbocycles. The van der Waals surface area contributed by atoms with Gasteiger partial charge in [0, 0.05) is 18.5 Å². The molecule has 5 nitrogen and oxygen atoms in total. The minimum atomic E-state index is -4.64. The number of pyridine rings is 1. The van der Waals surface area contributed by atoms with Gasteiger partial charge < -0.3 is 15.2 Å². The summed E-state index contributed by atoms with van der Waals surface area (Å²) in [4.78, 5) is 16.6. The molecule has 0 saturated carbocycles. The van der Waals surface area contributed by atoms with Gasteiger partial charge in [-0.15, -0.1) is 0 Å². The van der Waals surface area contributed by atoms with Gasteiger partial charge in [0.2, 0.25) is 5.91 Å². The molecule has 1 amide bonds. The number of rotatable bonds is 3. The monoisotopic (exact) mass is 446 g/mol. The zero-order valence-corrected chi connectivity index (χ0v) is 15.6. The Morgan fingerprint density at radius 2 is 1.74 bits per heavy atom. The Bertz CT molecular complexity index is 993.